The van der Waals surface area contributed by atoms with E-state index in [0.29, 0.717) is 50.7 Å². The van der Waals surface area contributed by atoms with Gasteiger partial charge in [-0.15, -0.1) is 0 Å². The van der Waals surface area contributed by atoms with Gasteiger partial charge in [0.05, 0.1) is 27.0 Å². The summed E-state index contributed by atoms with van der Waals surface area (Å²) in [5.74, 6) is 1.91. The van der Waals surface area contributed by atoms with Crippen molar-refractivity contribution >= 4 is 11.9 Å². The van der Waals surface area contributed by atoms with E-state index in [1.54, 1.807) is 31.3 Å². The number of allylic oxidation sites excluding steroid dienone is 2. The van der Waals surface area contributed by atoms with Crippen LogP contribution < -0.4 is 9.47 Å². The van der Waals surface area contributed by atoms with Crippen molar-refractivity contribution in [2.24, 2.45) is 5.92 Å². The molecular weight excluding hydrogens is 446 g/mol. The van der Waals surface area contributed by atoms with Gasteiger partial charge >= 0.3 is 6.03 Å². The highest BCUT2D eigenvalue weighted by atomic mass is 16.5. The Kier molecular flexibility index (Phi) is 7.68. The van der Waals surface area contributed by atoms with Gasteiger partial charge in [0, 0.05) is 37.9 Å². The second-order valence-electron chi connectivity index (χ2n) is 9.13. The number of nitrogens with zero attached hydrogens (tertiary/aromatic N) is 3. The summed E-state index contributed by atoms with van der Waals surface area (Å²) in [4.78, 5) is 32.3. The van der Waals surface area contributed by atoms with E-state index in [4.69, 9.17) is 13.9 Å². The number of hydrogen-bond acceptors (Lipinski definition) is 5. The molecule has 1 fully saturated rings. The lowest BCUT2D eigenvalue weighted by molar-refractivity contribution is 0.0694. The van der Waals surface area contributed by atoms with Crippen LogP contribution in [0.15, 0.2) is 46.7 Å². The fourth-order valence-corrected chi connectivity index (χ4v) is 4.95. The van der Waals surface area contributed by atoms with Gasteiger partial charge in [-0.2, -0.15) is 0 Å². The molecule has 8 nitrogen and oxygen atoms in total. The zero-order valence-corrected chi connectivity index (χ0v) is 21.1. The normalized spacial score (nSPS) is 20.7. The van der Waals surface area contributed by atoms with Crippen LogP contribution in [-0.4, -0.2) is 67.0 Å². The summed E-state index contributed by atoms with van der Waals surface area (Å²) in [6, 6.07) is 7.28. The largest absolute Gasteiger partial charge is 0.497 e. The van der Waals surface area contributed by atoms with E-state index >= 15 is 0 Å². The molecule has 1 atom stereocenters. The van der Waals surface area contributed by atoms with E-state index in [-0.39, 0.29) is 17.9 Å². The number of furan rings is 1. The first-order valence-electron chi connectivity index (χ1n) is 12.3. The number of fused-ring (bicyclic) bond motifs is 2. The van der Waals surface area contributed by atoms with E-state index < -0.39 is 0 Å². The monoisotopic (exact) mass is 481 g/mol. The van der Waals surface area contributed by atoms with Crippen molar-refractivity contribution in [3.63, 3.8) is 0 Å². The molecule has 0 spiro atoms. The minimum absolute atomic E-state index is 0.0483. The molecule has 8 heteroatoms. The van der Waals surface area contributed by atoms with Crippen molar-refractivity contribution in [3.8, 4) is 11.5 Å². The average molecular weight is 482 g/mol. The molecule has 4 rings (SSSR count). The summed E-state index contributed by atoms with van der Waals surface area (Å²) < 4.78 is 16.6. The summed E-state index contributed by atoms with van der Waals surface area (Å²) in [6.07, 6.45) is 5.99. The number of carbonyl (C=O) groups excluding carboxylic acids is 2. The summed E-state index contributed by atoms with van der Waals surface area (Å²) in [5.41, 5.74) is 3.15. The Morgan fingerprint density at radius 3 is 2.69 bits per heavy atom. The molecule has 35 heavy (non-hydrogen) atoms. The van der Waals surface area contributed by atoms with Crippen molar-refractivity contribution < 1.29 is 23.5 Å². The number of benzene rings is 1. The molecular formula is C27H35N3O5. The number of amides is 3. The number of hydrogen-bond donors (Lipinski definition) is 0. The summed E-state index contributed by atoms with van der Waals surface area (Å²) >= 11 is 0. The molecule has 0 radical (unpaired) electrons. The van der Waals surface area contributed by atoms with E-state index in [9.17, 15) is 9.59 Å². The van der Waals surface area contributed by atoms with E-state index in [1.165, 1.54) is 6.26 Å². The van der Waals surface area contributed by atoms with Crippen LogP contribution in [0.25, 0.3) is 0 Å². The van der Waals surface area contributed by atoms with Crippen LogP contribution in [0.5, 0.6) is 11.5 Å². The second-order valence-corrected chi connectivity index (χ2v) is 9.13. The maximum Gasteiger partial charge on any atom is 0.324 e. The first kappa shape index (κ1) is 24.7. The fourth-order valence-electron chi connectivity index (χ4n) is 4.95. The zero-order chi connectivity index (χ0) is 24.9. The highest BCUT2D eigenvalue weighted by molar-refractivity contribution is 5.91. The Labute approximate surface area is 207 Å². The summed E-state index contributed by atoms with van der Waals surface area (Å²) in [7, 11) is 3.31. The molecule has 2 aliphatic heterocycles. The van der Waals surface area contributed by atoms with Crippen molar-refractivity contribution in [1.82, 2.24) is 14.7 Å². The number of rotatable bonds is 4. The molecule has 0 unspecified atom stereocenters. The van der Waals surface area contributed by atoms with Gasteiger partial charge in [0.25, 0.3) is 5.91 Å². The molecule has 1 aromatic heterocycles. The summed E-state index contributed by atoms with van der Waals surface area (Å²) in [5, 5.41) is 0. The van der Waals surface area contributed by atoms with Crippen molar-refractivity contribution in [3.05, 3.63) is 59.2 Å². The number of methoxy groups -OCH3 is 2. The molecule has 1 aromatic carbocycles. The van der Waals surface area contributed by atoms with E-state index in [2.05, 4.69) is 13.0 Å². The first-order valence-corrected chi connectivity index (χ1v) is 12.3. The van der Waals surface area contributed by atoms with Gasteiger partial charge < -0.3 is 23.7 Å². The number of urea groups is 1. The minimum atomic E-state index is -0.135. The topological polar surface area (TPSA) is 75.5 Å². The number of carbonyl (C=O) groups is 2. The third-order valence-electron chi connectivity index (χ3n) is 6.81. The SMILES string of the molecule is CCN1CCN(C(=O)c2ccco2)CCC/C2=C/[C@H](C)Cc3c(cc(OC)cc3OC)CN2C1=O. The maximum atomic E-state index is 13.9. The maximum absolute atomic E-state index is 13.9. The molecule has 0 bridgehead atoms. The van der Waals surface area contributed by atoms with Gasteiger partial charge in [0.1, 0.15) is 11.5 Å². The third-order valence-corrected chi connectivity index (χ3v) is 6.81. The molecule has 0 aliphatic carbocycles. The van der Waals surface area contributed by atoms with Gasteiger partial charge in [-0.1, -0.05) is 13.0 Å². The molecule has 0 N–H and O–H groups in total. The van der Waals surface area contributed by atoms with Crippen LogP contribution in [0, 0.1) is 5.92 Å². The molecule has 2 aromatic rings. The fraction of sp³-hybridized carbons (Fsp3) is 0.481. The molecule has 0 saturated carbocycles. The highest BCUT2D eigenvalue weighted by Gasteiger charge is 2.30. The second kappa shape index (κ2) is 10.9. The Bertz CT molecular complexity index is 1080. The first-order chi connectivity index (χ1) is 16.9. The Balaban J connectivity index is 1.67. The minimum Gasteiger partial charge on any atom is -0.497 e. The number of likely N-dealkylation sites (N-methyl/N-ethyl adjacent to an activating group) is 1. The van der Waals surface area contributed by atoms with Crippen LogP contribution in [0.4, 0.5) is 4.79 Å². The lowest BCUT2D eigenvalue weighted by Crippen LogP contribution is -2.48. The third kappa shape index (κ3) is 5.31. The predicted molar refractivity (Wildman–Crippen MR) is 133 cm³/mol. The molecule has 2 aliphatic rings. The predicted octanol–water partition coefficient (Wildman–Crippen LogP) is 4.55. The number of ether oxygens (including phenoxy) is 2. The summed E-state index contributed by atoms with van der Waals surface area (Å²) in [6.45, 7) is 6.65. The highest BCUT2D eigenvalue weighted by Crippen LogP contribution is 2.35. The lowest BCUT2D eigenvalue weighted by Gasteiger charge is -2.37. The van der Waals surface area contributed by atoms with Crippen LogP contribution in [0.2, 0.25) is 0 Å². The van der Waals surface area contributed by atoms with Crippen LogP contribution in [0.1, 0.15) is 48.4 Å². The zero-order valence-electron chi connectivity index (χ0n) is 21.1. The van der Waals surface area contributed by atoms with Gasteiger partial charge in [0.2, 0.25) is 0 Å². The van der Waals surface area contributed by atoms with Gasteiger partial charge in [-0.25, -0.2) is 4.79 Å². The van der Waals surface area contributed by atoms with Crippen molar-refractivity contribution in [2.45, 2.75) is 39.7 Å². The molecule has 1 saturated heterocycles. The van der Waals surface area contributed by atoms with Crippen LogP contribution in [0.3, 0.4) is 0 Å². The van der Waals surface area contributed by atoms with Crippen molar-refractivity contribution in [1.29, 1.82) is 0 Å². The van der Waals surface area contributed by atoms with Gasteiger partial charge in [-0.3, -0.25) is 9.69 Å². The average Bonchev–Trinajstić information content (AvgIpc) is 3.39. The van der Waals surface area contributed by atoms with Gasteiger partial charge in [0.15, 0.2) is 5.76 Å². The van der Waals surface area contributed by atoms with Crippen LogP contribution >= 0.6 is 0 Å². The Morgan fingerprint density at radius 2 is 2.00 bits per heavy atom. The van der Waals surface area contributed by atoms with E-state index in [0.717, 1.165) is 35.4 Å². The Hall–Kier alpha value is -3.42. The van der Waals surface area contributed by atoms with Crippen LogP contribution in [-0.2, 0) is 13.0 Å². The molecule has 3 heterocycles. The van der Waals surface area contributed by atoms with Crippen molar-refractivity contribution in [2.75, 3.05) is 40.4 Å². The Morgan fingerprint density at radius 1 is 1.17 bits per heavy atom. The standard InChI is InChI=1S/C27H35N3O5/c1-5-28-11-12-29(26(31)24-9-7-13-35-24)10-6-8-21-14-19(2)15-23-20(18-30(21)27(28)32)16-22(33-3)17-25(23)34-4/h7,9,13-14,16-17,19H,5-6,8,10-12,15,18H2,1-4H3/b21-14-/t19-/m0/s1. The van der Waals surface area contributed by atoms with Gasteiger partial charge in [-0.05, 0) is 61.4 Å². The van der Waals surface area contributed by atoms with E-state index in [1.807, 2.05) is 28.9 Å². The quantitative estimate of drug-likeness (QED) is 0.640. The molecule has 188 valence electrons. The molecule has 3 amide bonds. The smallest absolute Gasteiger partial charge is 0.324 e. The lowest BCUT2D eigenvalue weighted by atomic mass is 9.91.